The number of carboxylic acid groups (broad SMARTS) is 1. The van der Waals surface area contributed by atoms with Gasteiger partial charge in [-0.05, 0) is 18.8 Å². The van der Waals surface area contributed by atoms with Gasteiger partial charge in [0.25, 0.3) is 0 Å². The molecule has 0 aliphatic heterocycles. The number of aliphatic hydroxyl groups excluding tert-OH is 1. The van der Waals surface area contributed by atoms with Crippen molar-refractivity contribution in [3.63, 3.8) is 0 Å². The Morgan fingerprint density at radius 1 is 1.03 bits per heavy atom. The number of carbonyl (C=O) groups excluding carboxylic acids is 4. The number of amides is 4. The number of imidazole rings is 1. The minimum Gasteiger partial charge on any atom is -0.480 e. The van der Waals surface area contributed by atoms with Crippen LogP contribution in [0.25, 0.3) is 0 Å². The van der Waals surface area contributed by atoms with Crippen LogP contribution in [0.2, 0.25) is 0 Å². The first-order valence-electron chi connectivity index (χ1n) is 10.7. The summed E-state index contributed by atoms with van der Waals surface area (Å²) in [5, 5.41) is 25.8. The second kappa shape index (κ2) is 13.9. The molecule has 0 saturated carbocycles. The molecule has 0 radical (unpaired) electrons. The molecule has 14 nitrogen and oxygen atoms in total. The Morgan fingerprint density at radius 2 is 1.62 bits per heavy atom. The molecule has 1 heterocycles. The van der Waals surface area contributed by atoms with Crippen molar-refractivity contribution in [3.8, 4) is 0 Å². The maximum Gasteiger partial charge on any atom is 0.326 e. The highest BCUT2D eigenvalue weighted by molar-refractivity contribution is 5.94. The van der Waals surface area contributed by atoms with E-state index in [1.54, 1.807) is 13.8 Å². The van der Waals surface area contributed by atoms with Gasteiger partial charge in [0.2, 0.25) is 23.6 Å². The molecular formula is C20H33N7O7. The van der Waals surface area contributed by atoms with Crippen molar-refractivity contribution in [3.05, 3.63) is 18.2 Å². The molecule has 0 aromatic carbocycles. The highest BCUT2D eigenvalue weighted by Crippen LogP contribution is 2.08. The van der Waals surface area contributed by atoms with E-state index >= 15 is 0 Å². The minimum absolute atomic E-state index is 0.0558. The lowest BCUT2D eigenvalue weighted by Crippen LogP contribution is -2.58. The van der Waals surface area contributed by atoms with Crippen LogP contribution in [0.5, 0.6) is 0 Å². The summed E-state index contributed by atoms with van der Waals surface area (Å²) in [6.45, 7) is 2.94. The predicted molar refractivity (Wildman–Crippen MR) is 119 cm³/mol. The number of aromatic amines is 1. The average molecular weight is 484 g/mol. The van der Waals surface area contributed by atoms with Gasteiger partial charge < -0.3 is 42.6 Å². The molecule has 0 aliphatic carbocycles. The Bertz CT molecular complexity index is 844. The number of carboxylic acids is 1. The van der Waals surface area contributed by atoms with E-state index < -0.39 is 60.4 Å². The van der Waals surface area contributed by atoms with Crippen LogP contribution in [0.4, 0.5) is 0 Å². The van der Waals surface area contributed by atoms with Gasteiger partial charge in [-0.25, -0.2) is 9.78 Å². The molecule has 34 heavy (non-hydrogen) atoms. The number of carbonyl (C=O) groups is 5. The van der Waals surface area contributed by atoms with E-state index in [0.29, 0.717) is 5.69 Å². The third-order valence-corrected chi connectivity index (χ3v) is 4.78. The maximum absolute atomic E-state index is 12.9. The highest BCUT2D eigenvalue weighted by atomic mass is 16.4. The molecule has 14 heteroatoms. The number of aliphatic carboxylic acids is 1. The maximum atomic E-state index is 12.9. The smallest absolute Gasteiger partial charge is 0.326 e. The highest BCUT2D eigenvalue weighted by Gasteiger charge is 2.31. The van der Waals surface area contributed by atoms with Gasteiger partial charge in [-0.15, -0.1) is 0 Å². The zero-order valence-electron chi connectivity index (χ0n) is 19.1. The zero-order chi connectivity index (χ0) is 25.8. The number of hydrogen-bond acceptors (Lipinski definition) is 8. The fourth-order valence-electron chi connectivity index (χ4n) is 2.98. The largest absolute Gasteiger partial charge is 0.480 e. The molecule has 10 N–H and O–H groups in total. The van der Waals surface area contributed by atoms with Gasteiger partial charge in [0.1, 0.15) is 24.2 Å². The molecular weight excluding hydrogens is 450 g/mol. The first-order valence-corrected chi connectivity index (χ1v) is 10.7. The topological polar surface area (TPSA) is 243 Å². The van der Waals surface area contributed by atoms with Gasteiger partial charge in [-0.2, -0.15) is 0 Å². The summed E-state index contributed by atoms with van der Waals surface area (Å²) >= 11 is 0. The minimum atomic E-state index is -1.29. The lowest BCUT2D eigenvalue weighted by atomic mass is 10.0. The summed E-state index contributed by atoms with van der Waals surface area (Å²) in [4.78, 5) is 67.2. The molecule has 4 unspecified atom stereocenters. The Morgan fingerprint density at radius 3 is 2.12 bits per heavy atom. The zero-order valence-corrected chi connectivity index (χ0v) is 19.1. The van der Waals surface area contributed by atoms with Crippen molar-refractivity contribution < 1.29 is 34.2 Å². The Labute approximate surface area is 196 Å². The lowest BCUT2D eigenvalue weighted by molar-refractivity contribution is -0.142. The number of primary amides is 1. The quantitative estimate of drug-likeness (QED) is 0.127. The van der Waals surface area contributed by atoms with E-state index in [2.05, 4.69) is 25.9 Å². The number of hydrogen-bond donors (Lipinski definition) is 8. The van der Waals surface area contributed by atoms with Crippen LogP contribution in [-0.4, -0.2) is 80.6 Å². The monoisotopic (exact) mass is 483 g/mol. The van der Waals surface area contributed by atoms with Crippen molar-refractivity contribution in [2.24, 2.45) is 17.4 Å². The third kappa shape index (κ3) is 9.95. The molecule has 4 atom stereocenters. The fraction of sp³-hybridized carbons (Fsp3) is 0.600. The van der Waals surface area contributed by atoms with Crippen molar-refractivity contribution in [1.82, 2.24) is 25.9 Å². The second-order valence-corrected chi connectivity index (χ2v) is 8.23. The van der Waals surface area contributed by atoms with Gasteiger partial charge >= 0.3 is 5.97 Å². The third-order valence-electron chi connectivity index (χ3n) is 4.78. The van der Waals surface area contributed by atoms with Crippen molar-refractivity contribution in [1.29, 1.82) is 0 Å². The van der Waals surface area contributed by atoms with Gasteiger partial charge in [-0.1, -0.05) is 13.8 Å². The predicted octanol–water partition coefficient (Wildman–Crippen LogP) is -2.88. The Kier molecular flexibility index (Phi) is 11.7. The molecule has 0 fully saturated rings. The van der Waals surface area contributed by atoms with Crippen molar-refractivity contribution in [2.75, 3.05) is 6.61 Å². The summed E-state index contributed by atoms with van der Waals surface area (Å²) in [5.41, 5.74) is 11.1. The summed E-state index contributed by atoms with van der Waals surface area (Å²) in [5.74, 6) is -4.40. The molecule has 4 amide bonds. The number of nitrogens with one attached hydrogen (secondary N) is 4. The van der Waals surface area contributed by atoms with E-state index in [-0.39, 0.29) is 31.6 Å². The molecule has 190 valence electrons. The fourth-order valence-corrected chi connectivity index (χ4v) is 2.98. The summed E-state index contributed by atoms with van der Waals surface area (Å²) in [6, 6.07) is -4.97. The van der Waals surface area contributed by atoms with E-state index in [1.807, 2.05) is 0 Å². The molecule has 0 bridgehead atoms. The number of nitrogens with zero attached hydrogens (tertiary/aromatic N) is 1. The molecule has 1 aromatic rings. The van der Waals surface area contributed by atoms with Gasteiger partial charge in [-0.3, -0.25) is 19.2 Å². The van der Waals surface area contributed by atoms with Crippen LogP contribution in [-0.2, 0) is 30.4 Å². The van der Waals surface area contributed by atoms with E-state index in [9.17, 15) is 29.1 Å². The molecule has 0 aliphatic rings. The van der Waals surface area contributed by atoms with Gasteiger partial charge in [0.15, 0.2) is 0 Å². The SMILES string of the molecule is CC(C)CC(NC(=O)C(CCC(N)=O)NC(=O)C(N)CO)C(=O)NC(Cc1cnc[nH]1)C(=O)O. The summed E-state index contributed by atoms with van der Waals surface area (Å²) in [6.07, 6.45) is 2.51. The Hall–Kier alpha value is -3.52. The average Bonchev–Trinajstić information content (AvgIpc) is 3.27. The second-order valence-electron chi connectivity index (χ2n) is 8.23. The standard InChI is InChI=1S/C20H33N7O7/c1-10(2)5-14(19(32)27-15(20(33)34)6-11-7-23-9-24-11)26-18(31)13(3-4-16(22)29)25-17(30)12(21)8-28/h7,9-10,12-15,28H,3-6,8,21H2,1-2H3,(H2,22,29)(H,23,24)(H,25,30)(H,26,31)(H,27,32)(H,33,34). The molecule has 1 rings (SSSR count). The van der Waals surface area contributed by atoms with E-state index in [0.717, 1.165) is 0 Å². The molecule has 0 saturated heterocycles. The first kappa shape index (κ1) is 28.5. The number of aliphatic hydroxyl groups is 1. The van der Waals surface area contributed by atoms with E-state index in [4.69, 9.17) is 16.6 Å². The number of H-pyrrole nitrogens is 1. The van der Waals surface area contributed by atoms with Crippen LogP contribution < -0.4 is 27.4 Å². The number of nitrogens with two attached hydrogens (primary N) is 2. The summed E-state index contributed by atoms with van der Waals surface area (Å²) < 4.78 is 0. The van der Waals surface area contributed by atoms with Gasteiger partial charge in [0.05, 0.1) is 12.9 Å². The van der Waals surface area contributed by atoms with E-state index in [1.165, 1.54) is 12.5 Å². The summed E-state index contributed by atoms with van der Waals surface area (Å²) in [7, 11) is 0. The lowest BCUT2D eigenvalue weighted by Gasteiger charge is -2.25. The van der Waals surface area contributed by atoms with Crippen LogP contribution in [0, 0.1) is 5.92 Å². The van der Waals surface area contributed by atoms with Crippen LogP contribution in [0.15, 0.2) is 12.5 Å². The van der Waals surface area contributed by atoms with Crippen LogP contribution in [0.1, 0.15) is 38.8 Å². The van der Waals surface area contributed by atoms with Crippen LogP contribution >= 0.6 is 0 Å². The molecule has 0 spiro atoms. The first-order chi connectivity index (χ1) is 15.9. The molecule has 1 aromatic heterocycles. The van der Waals surface area contributed by atoms with Gasteiger partial charge in [0, 0.05) is 24.7 Å². The Balaban J connectivity index is 2.98. The van der Waals surface area contributed by atoms with Crippen molar-refractivity contribution in [2.45, 2.75) is 63.7 Å². The number of aromatic nitrogens is 2. The number of rotatable bonds is 15. The van der Waals surface area contributed by atoms with Crippen LogP contribution in [0.3, 0.4) is 0 Å². The van der Waals surface area contributed by atoms with Crippen molar-refractivity contribution >= 4 is 29.6 Å². The normalized spacial score (nSPS) is 14.5.